The molecule has 0 aromatic heterocycles. The highest BCUT2D eigenvalue weighted by Crippen LogP contribution is 2.69. The van der Waals surface area contributed by atoms with Crippen LogP contribution in [0.4, 0.5) is 0 Å². The van der Waals surface area contributed by atoms with Crippen LogP contribution in [0.25, 0.3) is 0 Å². The Morgan fingerprint density at radius 1 is 0.407 bits per heavy atom. The Bertz CT molecular complexity index is 501. The Kier molecular flexibility index (Phi) is 7.05. The van der Waals surface area contributed by atoms with Crippen molar-refractivity contribution in [3.63, 3.8) is 0 Å². The van der Waals surface area contributed by atoms with Gasteiger partial charge in [0.25, 0.3) is 0 Å². The molecular formula is C27H56. The fraction of sp³-hybridized carbons (Fsp3) is 1.00. The molecule has 0 amide bonds. The molecule has 0 heterocycles. The van der Waals surface area contributed by atoms with Crippen LogP contribution in [0.1, 0.15) is 125 Å². The Morgan fingerprint density at radius 3 is 0.963 bits per heavy atom. The van der Waals surface area contributed by atoms with E-state index >= 15 is 0 Å². The molecular weight excluding hydrogens is 324 g/mol. The van der Waals surface area contributed by atoms with E-state index in [9.17, 15) is 0 Å². The van der Waals surface area contributed by atoms with Gasteiger partial charge in [0.15, 0.2) is 0 Å². The summed E-state index contributed by atoms with van der Waals surface area (Å²) in [6, 6.07) is 0. The van der Waals surface area contributed by atoms with E-state index in [-0.39, 0.29) is 32.5 Å². The summed E-state index contributed by atoms with van der Waals surface area (Å²) in [6.45, 7) is 44.7. The lowest BCUT2D eigenvalue weighted by Gasteiger charge is -2.67. The van der Waals surface area contributed by atoms with E-state index < -0.39 is 0 Å². The molecule has 27 heavy (non-hydrogen) atoms. The van der Waals surface area contributed by atoms with Gasteiger partial charge in [-0.2, -0.15) is 0 Å². The maximum atomic E-state index is 2.54. The molecule has 0 bridgehead atoms. The van der Waals surface area contributed by atoms with Crippen molar-refractivity contribution in [1.82, 2.24) is 0 Å². The summed E-state index contributed by atoms with van der Waals surface area (Å²) < 4.78 is 0. The van der Waals surface area contributed by atoms with Crippen LogP contribution in [0.15, 0.2) is 0 Å². The van der Waals surface area contributed by atoms with Crippen LogP contribution >= 0.6 is 0 Å². The van der Waals surface area contributed by atoms with E-state index in [2.05, 4.69) is 125 Å². The topological polar surface area (TPSA) is 0 Å². The molecule has 1 atom stereocenters. The normalized spacial score (nSPS) is 17.4. The average Bonchev–Trinajstić information content (AvgIpc) is 2.43. The molecule has 0 N–H and O–H groups in total. The standard InChI is InChI=1S/C27H56/c1-19(2)22(7,8)20(3)23(9,10)25(13,14)27(17,18)26(15,16)24(11,12)21(4,5)6/h19-20H,1-18H3. The Balaban J connectivity index is 6.48. The summed E-state index contributed by atoms with van der Waals surface area (Å²) in [4.78, 5) is 0. The first kappa shape index (κ1) is 27.0. The minimum absolute atomic E-state index is 0.154. The molecule has 0 heteroatoms. The van der Waals surface area contributed by atoms with Crippen LogP contribution in [0.3, 0.4) is 0 Å². The van der Waals surface area contributed by atoms with Gasteiger partial charge >= 0.3 is 0 Å². The molecule has 0 saturated carbocycles. The molecule has 0 fully saturated rings. The van der Waals surface area contributed by atoms with Crippen molar-refractivity contribution in [2.45, 2.75) is 125 Å². The molecule has 164 valence electrons. The predicted octanol–water partition coefficient (Wildman–Crippen LogP) is 9.48. The summed E-state index contributed by atoms with van der Waals surface area (Å²) in [5.74, 6) is 1.29. The smallest absolute Gasteiger partial charge is 0.0241 e. The zero-order chi connectivity index (χ0) is 22.7. The third kappa shape index (κ3) is 3.77. The van der Waals surface area contributed by atoms with Gasteiger partial charge in [-0.15, -0.1) is 0 Å². The van der Waals surface area contributed by atoms with Gasteiger partial charge in [-0.1, -0.05) is 125 Å². The highest BCUT2D eigenvalue weighted by Gasteiger charge is 2.62. The molecule has 1 unspecified atom stereocenters. The van der Waals surface area contributed by atoms with Crippen molar-refractivity contribution >= 4 is 0 Å². The van der Waals surface area contributed by atoms with Gasteiger partial charge < -0.3 is 0 Å². The van der Waals surface area contributed by atoms with E-state index in [1.54, 1.807) is 0 Å². The molecule has 0 rings (SSSR count). The molecule has 0 saturated heterocycles. The molecule has 0 aliphatic carbocycles. The van der Waals surface area contributed by atoms with Crippen LogP contribution in [0.5, 0.6) is 0 Å². The van der Waals surface area contributed by atoms with Gasteiger partial charge in [0.1, 0.15) is 0 Å². The van der Waals surface area contributed by atoms with Crippen molar-refractivity contribution in [2.75, 3.05) is 0 Å². The zero-order valence-corrected chi connectivity index (χ0v) is 22.7. The Morgan fingerprint density at radius 2 is 0.704 bits per heavy atom. The highest BCUT2D eigenvalue weighted by atomic mass is 14.7. The van der Waals surface area contributed by atoms with Gasteiger partial charge in [0, 0.05) is 0 Å². The first-order chi connectivity index (χ1) is 11.3. The number of rotatable bonds is 7. The van der Waals surface area contributed by atoms with Gasteiger partial charge in [-0.3, -0.25) is 0 Å². The van der Waals surface area contributed by atoms with Crippen molar-refractivity contribution in [2.24, 2.45) is 49.7 Å². The fourth-order valence-corrected chi connectivity index (χ4v) is 5.28. The Hall–Kier alpha value is 0. The highest BCUT2D eigenvalue weighted by molar-refractivity contribution is 5.10. The SMILES string of the molecule is CC(C)C(C)(C)C(C)C(C)(C)C(C)(C)C(C)(C)C(C)(C)C(C)(C)C(C)(C)C. The van der Waals surface area contributed by atoms with Crippen molar-refractivity contribution in [3.05, 3.63) is 0 Å². The monoisotopic (exact) mass is 380 g/mol. The molecule has 0 aromatic carbocycles. The summed E-state index contributed by atoms with van der Waals surface area (Å²) in [7, 11) is 0. The number of hydrogen-bond acceptors (Lipinski definition) is 0. The second-order valence-corrected chi connectivity index (χ2v) is 14.2. The maximum absolute atomic E-state index is 2.54. The molecule has 0 spiro atoms. The average molecular weight is 381 g/mol. The van der Waals surface area contributed by atoms with Crippen LogP contribution < -0.4 is 0 Å². The second kappa shape index (κ2) is 7.05. The van der Waals surface area contributed by atoms with Gasteiger partial charge in [-0.25, -0.2) is 0 Å². The first-order valence-electron chi connectivity index (χ1n) is 11.3. The van der Waals surface area contributed by atoms with E-state index in [0.717, 1.165) is 0 Å². The van der Waals surface area contributed by atoms with Crippen molar-refractivity contribution in [3.8, 4) is 0 Å². The third-order valence-electron chi connectivity index (χ3n) is 11.9. The summed E-state index contributed by atoms with van der Waals surface area (Å²) in [5, 5.41) is 0. The van der Waals surface area contributed by atoms with E-state index in [1.165, 1.54) is 0 Å². The lowest BCUT2D eigenvalue weighted by atomic mass is 9.37. The molecule has 0 radical (unpaired) electrons. The minimum Gasteiger partial charge on any atom is -0.0623 e. The zero-order valence-electron chi connectivity index (χ0n) is 22.7. The first-order valence-corrected chi connectivity index (χ1v) is 11.3. The molecule has 0 aliphatic heterocycles. The minimum atomic E-state index is 0.154. The summed E-state index contributed by atoms with van der Waals surface area (Å²) in [5.41, 5.74) is 1.44. The van der Waals surface area contributed by atoms with E-state index in [1.807, 2.05) is 0 Å². The summed E-state index contributed by atoms with van der Waals surface area (Å²) >= 11 is 0. The van der Waals surface area contributed by atoms with Crippen LogP contribution in [-0.2, 0) is 0 Å². The molecule has 0 nitrogen and oxygen atoms in total. The third-order valence-corrected chi connectivity index (χ3v) is 11.9. The molecule has 0 aliphatic rings. The largest absolute Gasteiger partial charge is 0.0623 e. The fourth-order valence-electron chi connectivity index (χ4n) is 5.28. The van der Waals surface area contributed by atoms with Crippen LogP contribution in [0, 0.1) is 49.7 Å². The van der Waals surface area contributed by atoms with Crippen molar-refractivity contribution in [1.29, 1.82) is 0 Å². The van der Waals surface area contributed by atoms with Gasteiger partial charge in [-0.05, 0) is 49.7 Å². The van der Waals surface area contributed by atoms with Gasteiger partial charge in [0.2, 0.25) is 0 Å². The maximum Gasteiger partial charge on any atom is -0.0241 e. The lowest BCUT2D eigenvalue weighted by molar-refractivity contribution is -0.190. The van der Waals surface area contributed by atoms with E-state index in [0.29, 0.717) is 17.3 Å². The quantitative estimate of drug-likeness (QED) is 0.412. The van der Waals surface area contributed by atoms with Crippen LogP contribution in [-0.4, -0.2) is 0 Å². The number of hydrogen-bond donors (Lipinski definition) is 0. The van der Waals surface area contributed by atoms with E-state index in [4.69, 9.17) is 0 Å². The predicted molar refractivity (Wildman–Crippen MR) is 126 cm³/mol. The summed E-state index contributed by atoms with van der Waals surface area (Å²) in [6.07, 6.45) is 0. The van der Waals surface area contributed by atoms with Crippen LogP contribution in [0.2, 0.25) is 0 Å². The lowest BCUT2D eigenvalue weighted by Crippen LogP contribution is -2.61. The van der Waals surface area contributed by atoms with Crippen molar-refractivity contribution < 1.29 is 0 Å². The van der Waals surface area contributed by atoms with Gasteiger partial charge in [0.05, 0.1) is 0 Å². The Labute approximate surface area is 174 Å². The molecule has 0 aromatic rings. The second-order valence-electron chi connectivity index (χ2n) is 14.2.